The summed E-state index contributed by atoms with van der Waals surface area (Å²) in [5.41, 5.74) is 3.62. The number of halogens is 2. The van der Waals surface area contributed by atoms with Gasteiger partial charge in [0, 0.05) is 25.4 Å². The van der Waals surface area contributed by atoms with E-state index < -0.39 is 0 Å². The van der Waals surface area contributed by atoms with Crippen LogP contribution in [0, 0.1) is 0 Å². The van der Waals surface area contributed by atoms with Crippen LogP contribution in [0.4, 0.5) is 11.4 Å². The maximum Gasteiger partial charge on any atom is 0.0177 e. The summed E-state index contributed by atoms with van der Waals surface area (Å²) < 4.78 is 1.97. The Bertz CT molecular complexity index is 1130. The average molecular weight is 641 g/mol. The fraction of sp³-hybridized carbons (Fsp3) is 0.0769. The summed E-state index contributed by atoms with van der Waals surface area (Å²) in [6.07, 6.45) is 0. The van der Waals surface area contributed by atoms with Gasteiger partial charge in [-0.1, -0.05) is 116 Å². The molecule has 0 aliphatic heterocycles. The largest absolute Gasteiger partial charge is 0.781 e. The molecular formula is C26H18Br2N2NiS2-4. The molecule has 172 valence electrons. The second-order valence-electron chi connectivity index (χ2n) is 7.19. The number of rotatable bonds is 7. The molecule has 2 nitrogen and oxygen atoms in total. The minimum atomic E-state index is -0.305. The first-order valence-electron chi connectivity index (χ1n) is 9.96. The third-order valence-electron chi connectivity index (χ3n) is 4.97. The minimum Gasteiger partial charge on any atom is -0.781 e. The van der Waals surface area contributed by atoms with Gasteiger partial charge in [-0.2, -0.15) is 21.2 Å². The smallest absolute Gasteiger partial charge is 0.0177 e. The molecule has 33 heavy (non-hydrogen) atoms. The van der Waals surface area contributed by atoms with Crippen LogP contribution in [-0.4, -0.2) is 0 Å². The molecule has 0 N–H and O–H groups in total. The molecule has 0 saturated heterocycles. The van der Waals surface area contributed by atoms with Crippen molar-refractivity contribution in [2.24, 2.45) is 0 Å². The second-order valence-corrected chi connectivity index (χ2v) is 9.90. The molecule has 0 heterocycles. The van der Waals surface area contributed by atoms with Gasteiger partial charge < -0.3 is 35.9 Å². The zero-order valence-corrected chi connectivity index (χ0v) is 23.0. The summed E-state index contributed by atoms with van der Waals surface area (Å²) in [6.45, 7) is 0. The molecule has 0 aliphatic carbocycles. The third-order valence-corrected chi connectivity index (χ3v) is 6.64. The molecule has 2 atom stereocenters. The van der Waals surface area contributed by atoms with Crippen LogP contribution < -0.4 is 0 Å². The fourth-order valence-electron chi connectivity index (χ4n) is 3.46. The molecule has 0 aliphatic rings. The van der Waals surface area contributed by atoms with Crippen molar-refractivity contribution in [2.75, 3.05) is 0 Å². The minimum absolute atomic E-state index is 0. The van der Waals surface area contributed by atoms with Crippen molar-refractivity contribution in [3.8, 4) is 0 Å². The predicted molar refractivity (Wildman–Crippen MR) is 144 cm³/mol. The van der Waals surface area contributed by atoms with E-state index in [1.54, 1.807) is 0 Å². The number of benzene rings is 4. The van der Waals surface area contributed by atoms with Gasteiger partial charge in [0.1, 0.15) is 0 Å². The maximum atomic E-state index is 5.56. The Kier molecular flexibility index (Phi) is 9.60. The summed E-state index contributed by atoms with van der Waals surface area (Å²) in [7, 11) is 0. The first kappa shape index (κ1) is 26.0. The Morgan fingerprint density at radius 1 is 0.545 bits per heavy atom. The quantitative estimate of drug-likeness (QED) is 0.149. The van der Waals surface area contributed by atoms with Gasteiger partial charge >= 0.3 is 0 Å². The van der Waals surface area contributed by atoms with E-state index in [0.717, 1.165) is 31.4 Å². The van der Waals surface area contributed by atoms with E-state index in [2.05, 4.69) is 56.1 Å². The summed E-state index contributed by atoms with van der Waals surface area (Å²) in [6, 6.07) is 31.2. The number of hydrogen-bond acceptors (Lipinski definition) is 2. The molecule has 0 bridgehead atoms. The molecule has 0 aromatic heterocycles. The first-order chi connectivity index (χ1) is 15.5. The molecule has 0 radical (unpaired) electrons. The Hall–Kier alpha value is -1.63. The molecule has 4 rings (SSSR count). The van der Waals surface area contributed by atoms with Crippen molar-refractivity contribution in [2.45, 2.75) is 21.9 Å². The molecule has 0 amide bonds. The van der Waals surface area contributed by atoms with Gasteiger partial charge in [-0.05, 0) is 24.3 Å². The van der Waals surface area contributed by atoms with Gasteiger partial charge in [-0.3, -0.25) is 0 Å². The van der Waals surface area contributed by atoms with Crippen molar-refractivity contribution in [3.05, 3.63) is 128 Å². The molecule has 0 saturated carbocycles. The maximum absolute atomic E-state index is 5.56. The Labute approximate surface area is 233 Å². The van der Waals surface area contributed by atoms with Gasteiger partial charge in [0.15, 0.2) is 0 Å². The standard InChI is InChI=1S/C26H20Br2N2S2.Ni/c27-19-9-5-7-17(15-19)25(29-21-11-1-3-13-23(21)31)26(18-8-6-10-20(28)16-18)30-22-12-2-4-14-24(22)32;/h1-16,25-26,31-32H;/q-2;/p-2. The molecule has 2 unspecified atom stereocenters. The number of para-hydroxylation sites is 2. The Morgan fingerprint density at radius 3 is 1.30 bits per heavy atom. The summed E-state index contributed by atoms with van der Waals surface area (Å²) >= 11 is 18.3. The molecule has 4 aromatic rings. The normalized spacial score (nSPS) is 12.3. The SMILES string of the molecule is [Ni].[S-]c1ccccc1[N-]C(c1cccc(Br)c1)C([N-]c1ccccc1[S-])c1cccc(Br)c1. The third kappa shape index (κ3) is 6.71. The molecule has 7 heteroatoms. The van der Waals surface area contributed by atoms with E-state index in [1.807, 2.05) is 72.8 Å². The van der Waals surface area contributed by atoms with E-state index in [1.165, 1.54) is 0 Å². The number of hydrogen-bond donors (Lipinski definition) is 0. The predicted octanol–water partition coefficient (Wildman–Crippen LogP) is 9.21. The Morgan fingerprint density at radius 2 is 0.939 bits per heavy atom. The molecule has 0 fully saturated rings. The van der Waals surface area contributed by atoms with Crippen LogP contribution in [0.3, 0.4) is 0 Å². The van der Waals surface area contributed by atoms with Crippen LogP contribution in [0.5, 0.6) is 0 Å². The van der Waals surface area contributed by atoms with E-state index in [-0.39, 0.29) is 28.6 Å². The summed E-state index contributed by atoms with van der Waals surface area (Å²) in [5, 5.41) is 10.3. The summed E-state index contributed by atoms with van der Waals surface area (Å²) in [5.74, 6) is 0. The first-order valence-corrected chi connectivity index (χ1v) is 12.4. The van der Waals surface area contributed by atoms with Crippen molar-refractivity contribution in [1.82, 2.24) is 0 Å². The van der Waals surface area contributed by atoms with E-state index in [0.29, 0.717) is 9.79 Å². The van der Waals surface area contributed by atoms with Crippen molar-refractivity contribution in [3.63, 3.8) is 0 Å². The molecular weight excluding hydrogens is 623 g/mol. The zero-order valence-electron chi connectivity index (χ0n) is 17.2. The van der Waals surface area contributed by atoms with Crippen molar-refractivity contribution >= 4 is 68.5 Å². The zero-order chi connectivity index (χ0) is 22.5. The monoisotopic (exact) mass is 638 g/mol. The topological polar surface area (TPSA) is 28.2 Å². The van der Waals surface area contributed by atoms with Crippen LogP contribution in [0.25, 0.3) is 10.6 Å². The van der Waals surface area contributed by atoms with Crippen LogP contribution in [0.2, 0.25) is 0 Å². The van der Waals surface area contributed by atoms with Gasteiger partial charge in [-0.15, -0.1) is 12.1 Å². The van der Waals surface area contributed by atoms with Gasteiger partial charge in [0.25, 0.3) is 0 Å². The van der Waals surface area contributed by atoms with Crippen LogP contribution in [0.1, 0.15) is 23.2 Å². The fourth-order valence-corrected chi connectivity index (χ4v) is 4.70. The molecule has 4 aromatic carbocycles. The number of nitrogens with zero attached hydrogens (tertiary/aromatic N) is 2. The van der Waals surface area contributed by atoms with Crippen LogP contribution in [0.15, 0.2) is 116 Å². The van der Waals surface area contributed by atoms with Gasteiger partial charge in [-0.25, -0.2) is 0 Å². The van der Waals surface area contributed by atoms with E-state index in [4.69, 9.17) is 35.9 Å². The average Bonchev–Trinajstić information content (AvgIpc) is 2.78. The van der Waals surface area contributed by atoms with Crippen LogP contribution >= 0.6 is 31.9 Å². The van der Waals surface area contributed by atoms with Crippen LogP contribution in [-0.2, 0) is 41.7 Å². The van der Waals surface area contributed by atoms with Gasteiger partial charge in [0.05, 0.1) is 0 Å². The van der Waals surface area contributed by atoms with Crippen molar-refractivity contribution in [1.29, 1.82) is 0 Å². The van der Waals surface area contributed by atoms with E-state index in [9.17, 15) is 0 Å². The Balaban J connectivity index is 0.00000306. The van der Waals surface area contributed by atoms with Gasteiger partial charge in [0.2, 0.25) is 0 Å². The van der Waals surface area contributed by atoms with E-state index >= 15 is 0 Å². The molecule has 0 spiro atoms. The second kappa shape index (κ2) is 12.2. The summed E-state index contributed by atoms with van der Waals surface area (Å²) in [4.78, 5) is 1.42. The van der Waals surface area contributed by atoms with Crippen molar-refractivity contribution < 1.29 is 16.5 Å².